The summed E-state index contributed by atoms with van der Waals surface area (Å²) in [6.45, 7) is 19.1. The molecule has 34 heavy (non-hydrogen) atoms. The molecular formula is C26H44N6O2. The molecule has 0 atom stereocenters. The Bertz CT molecular complexity index is 677. The zero-order valence-corrected chi connectivity index (χ0v) is 21.2. The van der Waals surface area contributed by atoms with Gasteiger partial charge in [0.1, 0.15) is 0 Å². The number of benzene rings is 1. The van der Waals surface area contributed by atoms with E-state index in [-0.39, 0.29) is 11.8 Å². The molecule has 2 heterocycles. The van der Waals surface area contributed by atoms with E-state index in [4.69, 9.17) is 0 Å². The number of nitrogens with one attached hydrogen (secondary N) is 2. The van der Waals surface area contributed by atoms with Crippen molar-refractivity contribution in [1.82, 2.24) is 30.2 Å². The van der Waals surface area contributed by atoms with E-state index in [1.807, 2.05) is 0 Å². The average molecular weight is 473 g/mol. The first-order valence-corrected chi connectivity index (χ1v) is 13.1. The topological polar surface area (TPSA) is 71.2 Å². The van der Waals surface area contributed by atoms with Crippen LogP contribution in [0.5, 0.6) is 0 Å². The monoisotopic (exact) mass is 472 g/mol. The third-order valence-corrected chi connectivity index (χ3v) is 7.11. The zero-order chi connectivity index (χ0) is 24.2. The van der Waals surface area contributed by atoms with Crippen molar-refractivity contribution in [2.75, 3.05) is 91.6 Å². The lowest BCUT2D eigenvalue weighted by Gasteiger charge is -2.33. The van der Waals surface area contributed by atoms with Gasteiger partial charge in [0.05, 0.1) is 0 Å². The lowest BCUT2D eigenvalue weighted by atomic mass is 10.1. The van der Waals surface area contributed by atoms with Crippen LogP contribution in [0.3, 0.4) is 0 Å². The molecule has 2 saturated heterocycles. The van der Waals surface area contributed by atoms with E-state index >= 15 is 0 Å². The summed E-state index contributed by atoms with van der Waals surface area (Å²) < 4.78 is 0. The molecule has 1 aromatic carbocycles. The number of likely N-dealkylation sites (N-methyl/N-ethyl adjacent to an activating group) is 2. The van der Waals surface area contributed by atoms with Crippen LogP contribution in [-0.4, -0.2) is 123 Å². The highest BCUT2D eigenvalue weighted by Crippen LogP contribution is 2.06. The average Bonchev–Trinajstić information content (AvgIpc) is 2.89. The standard InChI is InChI=1S/C26H44N6O2/c1-3-29-15-19-31(20-16-29)13-5-11-27-25(33)23-7-9-24(10-8-23)26(34)28-12-6-14-32-21-17-30(4-2)18-22-32/h7-10H,3-6,11-22H2,1-2H3,(H,27,33)(H,28,34). The second kappa shape index (κ2) is 14.4. The summed E-state index contributed by atoms with van der Waals surface area (Å²) in [6.07, 6.45) is 1.90. The van der Waals surface area contributed by atoms with Crippen molar-refractivity contribution in [3.63, 3.8) is 0 Å². The van der Waals surface area contributed by atoms with Crippen LogP contribution in [0.1, 0.15) is 47.4 Å². The Morgan fingerprint density at radius 2 is 0.941 bits per heavy atom. The SMILES string of the molecule is CCN1CCN(CCCNC(=O)c2ccc(C(=O)NCCCN3CCN(CC)CC3)cc2)CC1. The third kappa shape index (κ3) is 8.65. The molecule has 8 heteroatoms. The smallest absolute Gasteiger partial charge is 0.251 e. The van der Waals surface area contributed by atoms with Crippen LogP contribution < -0.4 is 10.6 Å². The summed E-state index contributed by atoms with van der Waals surface area (Å²) in [5.41, 5.74) is 1.19. The fourth-order valence-electron chi connectivity index (χ4n) is 4.64. The van der Waals surface area contributed by atoms with Crippen molar-refractivity contribution in [3.05, 3.63) is 35.4 Å². The maximum atomic E-state index is 12.4. The van der Waals surface area contributed by atoms with Gasteiger partial charge in [-0.1, -0.05) is 13.8 Å². The molecule has 1 aromatic rings. The minimum Gasteiger partial charge on any atom is -0.352 e. The first-order chi connectivity index (χ1) is 16.6. The van der Waals surface area contributed by atoms with E-state index in [0.717, 1.165) is 91.4 Å². The summed E-state index contributed by atoms with van der Waals surface area (Å²) in [5, 5.41) is 6.00. The van der Waals surface area contributed by atoms with Crippen LogP contribution in [0, 0.1) is 0 Å². The number of carbonyl (C=O) groups excluding carboxylic acids is 2. The molecule has 0 unspecified atom stereocenters. The Morgan fingerprint density at radius 1 is 0.618 bits per heavy atom. The third-order valence-electron chi connectivity index (χ3n) is 7.11. The van der Waals surface area contributed by atoms with E-state index in [1.165, 1.54) is 0 Å². The van der Waals surface area contributed by atoms with Crippen molar-refractivity contribution in [1.29, 1.82) is 0 Å². The fraction of sp³-hybridized carbons (Fsp3) is 0.692. The van der Waals surface area contributed by atoms with Gasteiger partial charge in [-0.2, -0.15) is 0 Å². The van der Waals surface area contributed by atoms with Crippen LogP contribution >= 0.6 is 0 Å². The summed E-state index contributed by atoms with van der Waals surface area (Å²) in [4.78, 5) is 34.7. The number of amides is 2. The van der Waals surface area contributed by atoms with E-state index in [9.17, 15) is 9.59 Å². The van der Waals surface area contributed by atoms with Gasteiger partial charge in [-0.25, -0.2) is 0 Å². The van der Waals surface area contributed by atoms with E-state index < -0.39 is 0 Å². The molecule has 0 bridgehead atoms. The Hall–Kier alpha value is -2.00. The number of rotatable bonds is 12. The van der Waals surface area contributed by atoms with Gasteiger partial charge < -0.3 is 30.2 Å². The molecule has 2 aliphatic heterocycles. The molecule has 2 N–H and O–H groups in total. The van der Waals surface area contributed by atoms with E-state index in [1.54, 1.807) is 24.3 Å². The Morgan fingerprint density at radius 3 is 1.26 bits per heavy atom. The molecule has 3 rings (SSSR count). The molecule has 0 aromatic heterocycles. The second-order valence-corrected chi connectivity index (χ2v) is 9.35. The highest BCUT2D eigenvalue weighted by molar-refractivity contribution is 5.97. The molecule has 8 nitrogen and oxygen atoms in total. The van der Waals surface area contributed by atoms with Crippen LogP contribution in [0.4, 0.5) is 0 Å². The fourth-order valence-corrected chi connectivity index (χ4v) is 4.64. The molecule has 0 spiro atoms. The molecule has 0 aliphatic carbocycles. The van der Waals surface area contributed by atoms with Crippen molar-refractivity contribution >= 4 is 11.8 Å². The van der Waals surface area contributed by atoms with Crippen molar-refractivity contribution < 1.29 is 9.59 Å². The number of carbonyl (C=O) groups is 2. The highest BCUT2D eigenvalue weighted by atomic mass is 16.2. The maximum absolute atomic E-state index is 12.4. The predicted octanol–water partition coefficient (Wildman–Crippen LogP) is 1.20. The normalized spacial score (nSPS) is 18.6. The zero-order valence-electron chi connectivity index (χ0n) is 21.2. The van der Waals surface area contributed by atoms with Crippen molar-refractivity contribution in [2.24, 2.45) is 0 Å². The summed E-state index contributed by atoms with van der Waals surface area (Å²) in [5.74, 6) is -0.156. The minimum absolute atomic E-state index is 0.0778. The van der Waals surface area contributed by atoms with Crippen LogP contribution in [0.25, 0.3) is 0 Å². The summed E-state index contributed by atoms with van der Waals surface area (Å²) in [6, 6.07) is 6.95. The van der Waals surface area contributed by atoms with Gasteiger partial charge in [0.15, 0.2) is 0 Å². The quantitative estimate of drug-likeness (QED) is 0.446. The Balaban J connectivity index is 1.27. The molecular weight excluding hydrogens is 428 g/mol. The van der Waals surface area contributed by atoms with E-state index in [2.05, 4.69) is 44.1 Å². The lowest BCUT2D eigenvalue weighted by Crippen LogP contribution is -2.46. The second-order valence-electron chi connectivity index (χ2n) is 9.35. The molecule has 2 amide bonds. The number of piperazine rings is 2. The summed E-state index contributed by atoms with van der Waals surface area (Å²) in [7, 11) is 0. The molecule has 0 radical (unpaired) electrons. The molecule has 2 aliphatic rings. The van der Waals surface area contributed by atoms with Crippen molar-refractivity contribution in [3.8, 4) is 0 Å². The van der Waals surface area contributed by atoms with Gasteiger partial charge in [-0.15, -0.1) is 0 Å². The van der Waals surface area contributed by atoms with Crippen LogP contribution in [0.15, 0.2) is 24.3 Å². The molecule has 2 fully saturated rings. The number of hydrogen-bond acceptors (Lipinski definition) is 6. The first kappa shape index (κ1) is 26.6. The Kier molecular flexibility index (Phi) is 11.3. The molecule has 190 valence electrons. The number of nitrogens with zero attached hydrogens (tertiary/aromatic N) is 4. The largest absolute Gasteiger partial charge is 0.352 e. The van der Waals surface area contributed by atoms with Crippen LogP contribution in [-0.2, 0) is 0 Å². The maximum Gasteiger partial charge on any atom is 0.251 e. The lowest BCUT2D eigenvalue weighted by molar-refractivity contribution is 0.0936. The highest BCUT2D eigenvalue weighted by Gasteiger charge is 2.16. The van der Waals surface area contributed by atoms with Gasteiger partial charge in [0.25, 0.3) is 11.8 Å². The minimum atomic E-state index is -0.0778. The molecule has 0 saturated carbocycles. The Labute approximate surface area is 205 Å². The van der Waals surface area contributed by atoms with E-state index in [0.29, 0.717) is 24.2 Å². The van der Waals surface area contributed by atoms with Gasteiger partial charge in [0, 0.05) is 76.6 Å². The van der Waals surface area contributed by atoms with Gasteiger partial charge in [-0.05, 0) is 63.3 Å². The van der Waals surface area contributed by atoms with Gasteiger partial charge in [-0.3, -0.25) is 9.59 Å². The number of hydrogen-bond donors (Lipinski definition) is 2. The van der Waals surface area contributed by atoms with Crippen LogP contribution in [0.2, 0.25) is 0 Å². The predicted molar refractivity (Wildman–Crippen MR) is 137 cm³/mol. The van der Waals surface area contributed by atoms with Gasteiger partial charge >= 0.3 is 0 Å². The van der Waals surface area contributed by atoms with Crippen molar-refractivity contribution in [2.45, 2.75) is 26.7 Å². The summed E-state index contributed by atoms with van der Waals surface area (Å²) >= 11 is 0. The van der Waals surface area contributed by atoms with Gasteiger partial charge in [0.2, 0.25) is 0 Å². The first-order valence-electron chi connectivity index (χ1n) is 13.1.